The number of aryl methyl sites for hydroxylation is 2. The molecule has 0 aliphatic carbocycles. The van der Waals surface area contributed by atoms with Crippen LogP contribution in [0.2, 0.25) is 0 Å². The van der Waals surface area contributed by atoms with E-state index >= 15 is 0 Å². The van der Waals surface area contributed by atoms with Crippen LogP contribution in [0.15, 0.2) is 52.3 Å². The van der Waals surface area contributed by atoms with Crippen molar-refractivity contribution in [1.29, 1.82) is 0 Å². The molecule has 1 aliphatic rings. The third kappa shape index (κ3) is 4.59. The Hall–Kier alpha value is -2.67. The van der Waals surface area contributed by atoms with Crippen LogP contribution >= 0.6 is 11.8 Å². The van der Waals surface area contributed by atoms with Gasteiger partial charge in [0.2, 0.25) is 0 Å². The van der Waals surface area contributed by atoms with E-state index in [2.05, 4.69) is 10.6 Å². The summed E-state index contributed by atoms with van der Waals surface area (Å²) < 4.78 is 10.7. The molecular weight excluding hydrogens is 376 g/mol. The van der Waals surface area contributed by atoms with E-state index < -0.39 is 12.0 Å². The number of carbonyl (C=O) groups excluding carboxylic acids is 2. The highest BCUT2D eigenvalue weighted by atomic mass is 32.2. The van der Waals surface area contributed by atoms with Crippen molar-refractivity contribution in [3.63, 3.8) is 0 Å². The number of thioether (sulfide) groups is 1. The molecule has 7 heteroatoms. The second-order valence-electron chi connectivity index (χ2n) is 6.58. The van der Waals surface area contributed by atoms with Gasteiger partial charge in [-0.05, 0) is 44.0 Å². The number of hydrogen-bond donors (Lipinski definition) is 2. The number of esters is 1. The first-order valence-electron chi connectivity index (χ1n) is 9.14. The Morgan fingerprint density at radius 3 is 2.79 bits per heavy atom. The number of amides is 2. The van der Waals surface area contributed by atoms with Gasteiger partial charge in [-0.15, -0.1) is 11.8 Å². The van der Waals surface area contributed by atoms with Crippen molar-refractivity contribution in [1.82, 2.24) is 10.6 Å². The molecule has 1 aliphatic heterocycles. The van der Waals surface area contributed by atoms with Gasteiger partial charge in [-0.25, -0.2) is 9.59 Å². The van der Waals surface area contributed by atoms with E-state index in [0.29, 0.717) is 22.8 Å². The minimum absolute atomic E-state index is 0.266. The zero-order chi connectivity index (χ0) is 20.1. The van der Waals surface area contributed by atoms with Crippen molar-refractivity contribution in [2.24, 2.45) is 0 Å². The number of hydrogen-bond acceptors (Lipinski definition) is 5. The van der Waals surface area contributed by atoms with Gasteiger partial charge in [-0.1, -0.05) is 23.8 Å². The Morgan fingerprint density at radius 1 is 1.25 bits per heavy atom. The first kappa shape index (κ1) is 20.1. The van der Waals surface area contributed by atoms with Crippen LogP contribution in [0.25, 0.3) is 0 Å². The topological polar surface area (TPSA) is 80.6 Å². The van der Waals surface area contributed by atoms with Crippen molar-refractivity contribution >= 4 is 23.8 Å². The summed E-state index contributed by atoms with van der Waals surface area (Å²) in [4.78, 5) is 25.1. The maximum atomic E-state index is 12.8. The highest BCUT2D eigenvalue weighted by molar-refractivity contribution is 7.98. The summed E-state index contributed by atoms with van der Waals surface area (Å²) in [5.41, 5.74) is 3.98. The average Bonchev–Trinajstić information content (AvgIpc) is 3.17. The highest BCUT2D eigenvalue weighted by Crippen LogP contribution is 2.32. The second-order valence-corrected chi connectivity index (χ2v) is 7.56. The average molecular weight is 401 g/mol. The first-order chi connectivity index (χ1) is 13.5. The van der Waals surface area contributed by atoms with Crippen LogP contribution in [0, 0.1) is 13.8 Å². The fourth-order valence-electron chi connectivity index (χ4n) is 3.13. The summed E-state index contributed by atoms with van der Waals surface area (Å²) in [6.07, 6.45) is 1.63. The predicted molar refractivity (Wildman–Crippen MR) is 109 cm³/mol. The van der Waals surface area contributed by atoms with Crippen LogP contribution in [0.1, 0.15) is 35.4 Å². The minimum Gasteiger partial charge on any atom is -0.468 e. The van der Waals surface area contributed by atoms with Gasteiger partial charge in [0.05, 0.1) is 30.2 Å². The molecule has 1 aromatic carbocycles. The maximum absolute atomic E-state index is 12.8. The smallest absolute Gasteiger partial charge is 0.338 e. The molecule has 0 spiro atoms. The molecule has 0 saturated heterocycles. The Kier molecular flexibility index (Phi) is 6.46. The number of urea groups is 1. The van der Waals surface area contributed by atoms with Crippen LogP contribution in [0.4, 0.5) is 4.79 Å². The lowest BCUT2D eigenvalue weighted by Gasteiger charge is -2.30. The van der Waals surface area contributed by atoms with Crippen molar-refractivity contribution in [2.75, 3.05) is 12.4 Å². The largest absolute Gasteiger partial charge is 0.468 e. The van der Waals surface area contributed by atoms with E-state index in [4.69, 9.17) is 9.15 Å². The standard InChI is InChI=1S/C21H24N2O4S/c1-4-26-20(24)18-17(12-28-11-15-6-5-9-27-15)22-21(25)23-19(18)16-10-13(2)7-8-14(16)3/h5-10,19H,4,11-12H2,1-3H3,(H2,22,23,25)/t19-/m0/s1. The Morgan fingerprint density at radius 2 is 2.07 bits per heavy atom. The summed E-state index contributed by atoms with van der Waals surface area (Å²) in [6.45, 7) is 5.99. The lowest BCUT2D eigenvalue weighted by Crippen LogP contribution is -2.46. The number of rotatable bonds is 7. The molecule has 0 bridgehead atoms. The van der Waals surface area contributed by atoms with Crippen LogP contribution in [0.3, 0.4) is 0 Å². The molecule has 28 heavy (non-hydrogen) atoms. The SMILES string of the molecule is CCOC(=O)C1=C(CSCc2ccco2)NC(=O)N[C@H]1c1cc(C)ccc1C. The highest BCUT2D eigenvalue weighted by Gasteiger charge is 2.34. The van der Waals surface area contributed by atoms with Gasteiger partial charge in [0.1, 0.15) is 5.76 Å². The number of carbonyl (C=O) groups is 2. The van der Waals surface area contributed by atoms with E-state index in [0.717, 1.165) is 22.5 Å². The zero-order valence-corrected chi connectivity index (χ0v) is 17.0. The monoisotopic (exact) mass is 400 g/mol. The molecule has 0 fully saturated rings. The van der Waals surface area contributed by atoms with E-state index in [1.54, 1.807) is 24.9 Å². The molecule has 1 atom stereocenters. The predicted octanol–water partition coefficient (Wildman–Crippen LogP) is 4.00. The van der Waals surface area contributed by atoms with Crippen molar-refractivity contribution < 1.29 is 18.7 Å². The fourth-order valence-corrected chi connectivity index (χ4v) is 4.03. The summed E-state index contributed by atoms with van der Waals surface area (Å²) in [5.74, 6) is 1.53. The number of nitrogens with one attached hydrogen (secondary N) is 2. The molecule has 2 N–H and O–H groups in total. The third-order valence-corrected chi connectivity index (χ3v) is 5.45. The molecule has 2 heterocycles. The molecule has 2 amide bonds. The Balaban J connectivity index is 1.95. The lowest BCUT2D eigenvalue weighted by atomic mass is 9.91. The van der Waals surface area contributed by atoms with Crippen molar-refractivity contribution in [3.05, 3.63) is 70.3 Å². The maximum Gasteiger partial charge on any atom is 0.338 e. The molecule has 0 unspecified atom stereocenters. The van der Waals surface area contributed by atoms with Gasteiger partial charge in [0, 0.05) is 11.4 Å². The zero-order valence-electron chi connectivity index (χ0n) is 16.2. The van der Waals surface area contributed by atoms with Gasteiger partial charge in [0.15, 0.2) is 0 Å². The summed E-state index contributed by atoms with van der Waals surface area (Å²) in [7, 11) is 0. The quantitative estimate of drug-likeness (QED) is 0.687. The van der Waals surface area contributed by atoms with Crippen LogP contribution in [-0.4, -0.2) is 24.4 Å². The number of benzene rings is 1. The molecule has 2 aromatic rings. The Bertz CT molecular complexity index is 890. The first-order valence-corrected chi connectivity index (χ1v) is 10.3. The van der Waals surface area contributed by atoms with Crippen LogP contribution < -0.4 is 10.6 Å². The van der Waals surface area contributed by atoms with Gasteiger partial charge in [-0.2, -0.15) is 0 Å². The summed E-state index contributed by atoms with van der Waals surface area (Å²) in [6, 6.07) is 8.86. The molecule has 0 radical (unpaired) electrons. The normalized spacial score (nSPS) is 16.5. The van der Waals surface area contributed by atoms with Gasteiger partial charge >= 0.3 is 12.0 Å². The van der Waals surface area contributed by atoms with Gasteiger partial charge < -0.3 is 19.8 Å². The Labute approximate surface area is 168 Å². The number of ether oxygens (including phenoxy) is 1. The van der Waals surface area contributed by atoms with Crippen molar-refractivity contribution in [3.8, 4) is 0 Å². The lowest BCUT2D eigenvalue weighted by molar-refractivity contribution is -0.139. The van der Waals surface area contributed by atoms with E-state index in [-0.39, 0.29) is 12.6 Å². The third-order valence-electron chi connectivity index (χ3n) is 4.47. The second kappa shape index (κ2) is 9.01. The minimum atomic E-state index is -0.549. The van der Waals surface area contributed by atoms with Crippen LogP contribution in [0.5, 0.6) is 0 Å². The molecule has 148 valence electrons. The van der Waals surface area contributed by atoms with Crippen LogP contribution in [-0.2, 0) is 15.3 Å². The molecule has 6 nitrogen and oxygen atoms in total. The molecule has 0 saturated carbocycles. The van der Waals surface area contributed by atoms with E-state index in [9.17, 15) is 9.59 Å². The van der Waals surface area contributed by atoms with Gasteiger partial charge in [-0.3, -0.25) is 0 Å². The number of furan rings is 1. The fraction of sp³-hybridized carbons (Fsp3) is 0.333. The van der Waals surface area contributed by atoms with E-state index in [1.165, 1.54) is 0 Å². The van der Waals surface area contributed by atoms with Gasteiger partial charge in [0.25, 0.3) is 0 Å². The summed E-state index contributed by atoms with van der Waals surface area (Å²) >= 11 is 1.56. The van der Waals surface area contributed by atoms with E-state index in [1.807, 2.05) is 44.2 Å². The van der Waals surface area contributed by atoms with Crippen molar-refractivity contribution in [2.45, 2.75) is 32.6 Å². The molecule has 3 rings (SSSR count). The molecular formula is C21H24N2O4S. The summed E-state index contributed by atoms with van der Waals surface area (Å²) in [5, 5.41) is 5.68. The molecule has 1 aromatic heterocycles.